The first-order chi connectivity index (χ1) is 10.2. The lowest BCUT2D eigenvalue weighted by molar-refractivity contribution is 0.0980. The average Bonchev–Trinajstić information content (AvgIpc) is 2.92. The molecule has 4 nitrogen and oxygen atoms in total. The summed E-state index contributed by atoms with van der Waals surface area (Å²) in [5.41, 5.74) is 1.32. The first-order valence-corrected chi connectivity index (χ1v) is 6.32. The molecule has 1 unspecified atom stereocenters. The molecule has 0 aliphatic rings. The van der Waals surface area contributed by atoms with Gasteiger partial charge in [0.05, 0.1) is 23.3 Å². The summed E-state index contributed by atoms with van der Waals surface area (Å²) in [4.78, 5) is 12.6. The highest BCUT2D eigenvalue weighted by atomic mass is 19.1. The molecule has 0 spiro atoms. The molecule has 3 aromatic rings. The molecule has 0 aliphatic heterocycles. The maximum Gasteiger partial charge on any atom is 0.188 e. The summed E-state index contributed by atoms with van der Waals surface area (Å²) in [6, 6.07) is 12.8. The number of rotatable bonds is 3. The van der Waals surface area contributed by atoms with Crippen molar-refractivity contribution in [1.29, 1.82) is 5.26 Å². The Balaban J connectivity index is 2.06. The van der Waals surface area contributed by atoms with E-state index < -0.39 is 11.7 Å². The number of hydrogen-bond acceptors (Lipinski definition) is 3. The fraction of sp³-hybridized carbons (Fsp3) is 0.0625. The van der Waals surface area contributed by atoms with Gasteiger partial charge in [-0.05, 0) is 29.8 Å². The lowest BCUT2D eigenvalue weighted by Gasteiger charge is -2.07. The van der Waals surface area contributed by atoms with Gasteiger partial charge in [0.25, 0.3) is 0 Å². The molecule has 102 valence electrons. The molecular formula is C16H10FN3O. The Bertz CT molecular complexity index is 863. The number of nitriles is 1. The fourth-order valence-electron chi connectivity index (χ4n) is 2.25. The van der Waals surface area contributed by atoms with E-state index in [1.807, 2.05) is 6.07 Å². The van der Waals surface area contributed by atoms with Crippen molar-refractivity contribution in [2.45, 2.75) is 5.92 Å². The third-order valence-electron chi connectivity index (χ3n) is 3.27. The van der Waals surface area contributed by atoms with Gasteiger partial charge in [-0.1, -0.05) is 18.2 Å². The van der Waals surface area contributed by atoms with Gasteiger partial charge in [0.1, 0.15) is 11.7 Å². The number of aromatic nitrogens is 2. The van der Waals surface area contributed by atoms with Crippen LogP contribution in [-0.4, -0.2) is 15.4 Å². The lowest BCUT2D eigenvalue weighted by Crippen LogP contribution is -2.11. The Labute approximate surface area is 120 Å². The molecule has 0 amide bonds. The SMILES string of the molecule is N#CC(C(=O)c1cnn2ccccc12)c1cccc(F)c1. The molecule has 0 saturated heterocycles. The second-order valence-corrected chi connectivity index (χ2v) is 4.57. The van der Waals surface area contributed by atoms with Gasteiger partial charge in [-0.25, -0.2) is 8.91 Å². The molecule has 0 bridgehead atoms. The number of nitrogens with zero attached hydrogens (tertiary/aromatic N) is 3. The number of carbonyl (C=O) groups is 1. The van der Waals surface area contributed by atoms with Crippen LogP contribution in [0.3, 0.4) is 0 Å². The molecule has 2 aromatic heterocycles. The molecule has 1 aromatic carbocycles. The molecule has 3 rings (SSSR count). The number of halogens is 1. The van der Waals surface area contributed by atoms with Gasteiger partial charge in [0.15, 0.2) is 5.78 Å². The Hall–Kier alpha value is -3.00. The van der Waals surface area contributed by atoms with Crippen molar-refractivity contribution in [2.75, 3.05) is 0 Å². The first kappa shape index (κ1) is 13.0. The minimum atomic E-state index is -1.05. The monoisotopic (exact) mass is 279 g/mol. The number of fused-ring (bicyclic) bond motifs is 1. The third-order valence-corrected chi connectivity index (χ3v) is 3.27. The molecular weight excluding hydrogens is 269 g/mol. The predicted octanol–water partition coefficient (Wildman–Crippen LogP) is 2.96. The van der Waals surface area contributed by atoms with Crippen LogP contribution in [0.15, 0.2) is 54.9 Å². The van der Waals surface area contributed by atoms with Crippen molar-refractivity contribution < 1.29 is 9.18 Å². The zero-order valence-electron chi connectivity index (χ0n) is 10.9. The number of Topliss-reactive ketones (excluding diaryl/α,β-unsaturated/α-hetero) is 1. The molecule has 21 heavy (non-hydrogen) atoms. The zero-order valence-corrected chi connectivity index (χ0v) is 10.9. The van der Waals surface area contributed by atoms with Crippen molar-refractivity contribution >= 4 is 11.3 Å². The summed E-state index contributed by atoms with van der Waals surface area (Å²) in [6.45, 7) is 0. The number of benzene rings is 1. The Morgan fingerprint density at radius 1 is 1.29 bits per heavy atom. The minimum Gasteiger partial charge on any atom is -0.292 e. The van der Waals surface area contributed by atoms with E-state index in [1.165, 1.54) is 24.4 Å². The van der Waals surface area contributed by atoms with Gasteiger partial charge < -0.3 is 0 Å². The number of hydrogen-bond donors (Lipinski definition) is 0. The van der Waals surface area contributed by atoms with Crippen LogP contribution in [0.2, 0.25) is 0 Å². The Morgan fingerprint density at radius 2 is 2.14 bits per heavy atom. The van der Waals surface area contributed by atoms with Gasteiger partial charge in [-0.3, -0.25) is 4.79 Å². The molecule has 1 atom stereocenters. The van der Waals surface area contributed by atoms with E-state index >= 15 is 0 Å². The topological polar surface area (TPSA) is 58.2 Å². The maximum atomic E-state index is 13.3. The highest BCUT2D eigenvalue weighted by molar-refractivity contribution is 6.07. The molecule has 0 N–H and O–H groups in total. The number of ketones is 1. The molecule has 5 heteroatoms. The van der Waals surface area contributed by atoms with Crippen molar-refractivity contribution in [1.82, 2.24) is 9.61 Å². The van der Waals surface area contributed by atoms with Crippen LogP contribution in [0.5, 0.6) is 0 Å². The Kier molecular flexibility index (Phi) is 3.20. The van der Waals surface area contributed by atoms with Crippen LogP contribution in [-0.2, 0) is 0 Å². The van der Waals surface area contributed by atoms with Crippen LogP contribution in [0, 0.1) is 17.1 Å². The van der Waals surface area contributed by atoms with E-state index in [4.69, 9.17) is 0 Å². The van der Waals surface area contributed by atoms with Crippen LogP contribution in [0.4, 0.5) is 4.39 Å². The van der Waals surface area contributed by atoms with Crippen molar-refractivity contribution in [3.05, 3.63) is 71.8 Å². The van der Waals surface area contributed by atoms with E-state index in [0.717, 1.165) is 0 Å². The predicted molar refractivity (Wildman–Crippen MR) is 74.3 cm³/mol. The summed E-state index contributed by atoms with van der Waals surface area (Å²) < 4.78 is 14.8. The van der Waals surface area contributed by atoms with Crippen LogP contribution in [0.25, 0.3) is 5.52 Å². The summed E-state index contributed by atoms with van der Waals surface area (Å²) in [6.07, 6.45) is 3.15. The zero-order chi connectivity index (χ0) is 14.8. The first-order valence-electron chi connectivity index (χ1n) is 6.32. The average molecular weight is 279 g/mol. The van der Waals surface area contributed by atoms with E-state index in [2.05, 4.69) is 5.10 Å². The highest BCUT2D eigenvalue weighted by Crippen LogP contribution is 2.23. The van der Waals surface area contributed by atoms with Gasteiger partial charge in [-0.15, -0.1) is 0 Å². The molecule has 0 fully saturated rings. The van der Waals surface area contributed by atoms with E-state index in [-0.39, 0.29) is 5.78 Å². The third kappa shape index (κ3) is 2.28. The van der Waals surface area contributed by atoms with Gasteiger partial charge >= 0.3 is 0 Å². The summed E-state index contributed by atoms with van der Waals surface area (Å²) in [5.74, 6) is -1.90. The van der Waals surface area contributed by atoms with E-state index in [0.29, 0.717) is 16.6 Å². The standard InChI is InChI=1S/C16H10FN3O/c17-12-5-3-4-11(8-12)13(9-18)16(21)14-10-19-20-7-2-1-6-15(14)20/h1-8,10,13H. The van der Waals surface area contributed by atoms with Crippen molar-refractivity contribution in [3.63, 3.8) is 0 Å². The largest absolute Gasteiger partial charge is 0.292 e. The smallest absolute Gasteiger partial charge is 0.188 e. The van der Waals surface area contributed by atoms with Crippen molar-refractivity contribution in [2.24, 2.45) is 0 Å². The summed E-state index contributed by atoms with van der Waals surface area (Å²) in [7, 11) is 0. The number of pyridine rings is 1. The summed E-state index contributed by atoms with van der Waals surface area (Å²) in [5, 5.41) is 13.4. The van der Waals surface area contributed by atoms with Crippen LogP contribution < -0.4 is 0 Å². The molecule has 0 radical (unpaired) electrons. The van der Waals surface area contributed by atoms with Gasteiger partial charge in [0, 0.05) is 6.20 Å². The van der Waals surface area contributed by atoms with Crippen molar-refractivity contribution in [3.8, 4) is 6.07 Å². The number of carbonyl (C=O) groups excluding carboxylic acids is 1. The fourth-order valence-corrected chi connectivity index (χ4v) is 2.25. The normalized spacial score (nSPS) is 12.0. The minimum absolute atomic E-state index is 0.345. The second-order valence-electron chi connectivity index (χ2n) is 4.57. The van der Waals surface area contributed by atoms with E-state index in [9.17, 15) is 14.4 Å². The second kappa shape index (κ2) is 5.17. The van der Waals surface area contributed by atoms with Gasteiger partial charge in [0.2, 0.25) is 0 Å². The highest BCUT2D eigenvalue weighted by Gasteiger charge is 2.24. The quantitative estimate of drug-likeness (QED) is 0.692. The molecule has 0 saturated carbocycles. The summed E-state index contributed by atoms with van der Waals surface area (Å²) >= 11 is 0. The molecule has 0 aliphatic carbocycles. The van der Waals surface area contributed by atoms with Crippen LogP contribution in [0.1, 0.15) is 21.8 Å². The molecule has 2 heterocycles. The maximum absolute atomic E-state index is 13.3. The van der Waals surface area contributed by atoms with Gasteiger partial charge in [-0.2, -0.15) is 10.4 Å². The Morgan fingerprint density at radius 3 is 2.90 bits per heavy atom. The van der Waals surface area contributed by atoms with E-state index in [1.54, 1.807) is 35.0 Å². The lowest BCUT2D eigenvalue weighted by atomic mass is 9.92. The van der Waals surface area contributed by atoms with Crippen LogP contribution >= 0.6 is 0 Å².